The van der Waals surface area contributed by atoms with Crippen LogP contribution < -0.4 is 10.1 Å². The van der Waals surface area contributed by atoms with Crippen LogP contribution >= 0.6 is 11.3 Å². The minimum Gasteiger partial charge on any atom is -0.480 e. The van der Waals surface area contributed by atoms with Crippen molar-refractivity contribution >= 4 is 39.0 Å². The number of hydrogen-bond donors (Lipinski definition) is 3. The Morgan fingerprint density at radius 1 is 1.26 bits per heavy atom. The Labute approximate surface area is 184 Å². The van der Waals surface area contributed by atoms with Gasteiger partial charge in [-0.05, 0) is 37.5 Å². The maximum Gasteiger partial charge on any atom is 0.349 e. The van der Waals surface area contributed by atoms with Crippen LogP contribution in [0.5, 0.6) is 5.75 Å². The SMILES string of the molecule is Cc1c(-c2cccc(NC3CCN(S(C)(=O)=O)CC3)c2)sc(C(=O)O)c1OCC(=O)O. The van der Waals surface area contributed by atoms with Crippen molar-refractivity contribution in [1.82, 2.24) is 4.31 Å². The van der Waals surface area contributed by atoms with E-state index in [9.17, 15) is 23.1 Å². The van der Waals surface area contributed by atoms with E-state index in [1.165, 1.54) is 10.6 Å². The number of hydrogen-bond acceptors (Lipinski definition) is 7. The van der Waals surface area contributed by atoms with E-state index < -0.39 is 28.6 Å². The number of nitrogens with one attached hydrogen (secondary N) is 1. The third kappa shape index (κ3) is 5.54. The molecule has 31 heavy (non-hydrogen) atoms. The standard InChI is InChI=1S/C20H24N2O7S2/c1-12-17(29-11-16(23)24)19(20(25)26)30-18(12)13-4-3-5-15(10-13)21-14-6-8-22(9-7-14)31(2,27)28/h3-5,10,14,21H,6-9,11H2,1-2H3,(H,23,24)(H,25,26). The summed E-state index contributed by atoms with van der Waals surface area (Å²) in [7, 11) is -3.18. The highest BCUT2D eigenvalue weighted by molar-refractivity contribution is 7.88. The lowest BCUT2D eigenvalue weighted by molar-refractivity contribution is -0.139. The molecule has 0 bridgehead atoms. The van der Waals surface area contributed by atoms with Gasteiger partial charge in [0.25, 0.3) is 0 Å². The Kier molecular flexibility index (Phi) is 6.87. The summed E-state index contributed by atoms with van der Waals surface area (Å²) in [5, 5.41) is 21.8. The van der Waals surface area contributed by atoms with Crippen molar-refractivity contribution in [3.8, 4) is 16.2 Å². The monoisotopic (exact) mass is 468 g/mol. The van der Waals surface area contributed by atoms with Crippen molar-refractivity contribution < 1.29 is 33.0 Å². The molecule has 0 spiro atoms. The molecule has 0 radical (unpaired) electrons. The predicted octanol–water partition coefficient (Wildman–Crippen LogP) is 2.72. The fourth-order valence-electron chi connectivity index (χ4n) is 3.54. The van der Waals surface area contributed by atoms with Gasteiger partial charge in [-0.15, -0.1) is 11.3 Å². The van der Waals surface area contributed by atoms with Crippen LogP contribution in [0, 0.1) is 6.92 Å². The fourth-order valence-corrected chi connectivity index (χ4v) is 5.50. The Morgan fingerprint density at radius 2 is 1.94 bits per heavy atom. The Bertz CT molecular complexity index is 1090. The number of benzene rings is 1. The molecule has 1 saturated heterocycles. The molecule has 1 aromatic heterocycles. The number of rotatable bonds is 8. The van der Waals surface area contributed by atoms with Crippen LogP contribution in [0.2, 0.25) is 0 Å². The molecule has 1 aromatic carbocycles. The first-order chi connectivity index (χ1) is 14.6. The van der Waals surface area contributed by atoms with E-state index in [0.29, 0.717) is 36.4 Å². The van der Waals surface area contributed by atoms with Crippen LogP contribution in [0.3, 0.4) is 0 Å². The molecule has 2 heterocycles. The molecule has 168 valence electrons. The number of carbonyl (C=O) groups is 2. The quantitative estimate of drug-likeness (QED) is 0.539. The Morgan fingerprint density at radius 3 is 2.52 bits per heavy atom. The Hall–Kier alpha value is -2.63. The van der Waals surface area contributed by atoms with Gasteiger partial charge in [-0.1, -0.05) is 12.1 Å². The number of carboxylic acids is 2. The zero-order chi connectivity index (χ0) is 22.8. The normalized spacial score (nSPS) is 15.5. The molecule has 0 aliphatic carbocycles. The average molecular weight is 469 g/mol. The van der Waals surface area contributed by atoms with Crippen molar-refractivity contribution in [2.45, 2.75) is 25.8 Å². The summed E-state index contributed by atoms with van der Waals surface area (Å²) < 4.78 is 30.1. The molecule has 0 saturated carbocycles. The number of aromatic carboxylic acids is 1. The molecule has 1 aliphatic rings. The second-order valence-electron chi connectivity index (χ2n) is 7.36. The van der Waals surface area contributed by atoms with E-state index in [4.69, 9.17) is 9.84 Å². The van der Waals surface area contributed by atoms with Crippen LogP contribution in [0.4, 0.5) is 5.69 Å². The smallest absolute Gasteiger partial charge is 0.349 e. The summed E-state index contributed by atoms with van der Waals surface area (Å²) in [6.45, 7) is 2.01. The summed E-state index contributed by atoms with van der Waals surface area (Å²) in [6, 6.07) is 7.62. The van der Waals surface area contributed by atoms with E-state index in [-0.39, 0.29) is 16.7 Å². The molecule has 0 unspecified atom stereocenters. The zero-order valence-electron chi connectivity index (χ0n) is 17.1. The van der Waals surface area contributed by atoms with Crippen molar-refractivity contribution in [2.75, 3.05) is 31.3 Å². The number of sulfonamides is 1. The van der Waals surface area contributed by atoms with Gasteiger partial charge in [-0.3, -0.25) is 0 Å². The van der Waals surface area contributed by atoms with Crippen LogP contribution in [0.15, 0.2) is 24.3 Å². The van der Waals surface area contributed by atoms with Crippen molar-refractivity contribution in [2.24, 2.45) is 0 Å². The summed E-state index contributed by atoms with van der Waals surface area (Å²) in [6.07, 6.45) is 2.59. The molecule has 0 atom stereocenters. The van der Waals surface area contributed by atoms with E-state index in [1.54, 1.807) is 6.92 Å². The summed E-state index contributed by atoms with van der Waals surface area (Å²) in [4.78, 5) is 23.1. The topological polar surface area (TPSA) is 133 Å². The number of aliphatic carboxylic acids is 1. The third-order valence-electron chi connectivity index (χ3n) is 5.04. The number of anilines is 1. The predicted molar refractivity (Wildman–Crippen MR) is 118 cm³/mol. The van der Waals surface area contributed by atoms with E-state index in [2.05, 4.69) is 5.32 Å². The molecular formula is C20H24N2O7S2. The average Bonchev–Trinajstić information content (AvgIpc) is 3.03. The first-order valence-electron chi connectivity index (χ1n) is 9.59. The molecule has 11 heteroatoms. The summed E-state index contributed by atoms with van der Waals surface area (Å²) in [5.41, 5.74) is 2.20. The van der Waals surface area contributed by atoms with Crippen LogP contribution in [-0.4, -0.2) is 66.9 Å². The van der Waals surface area contributed by atoms with Gasteiger partial charge in [0.05, 0.1) is 6.26 Å². The maximum atomic E-state index is 11.7. The summed E-state index contributed by atoms with van der Waals surface area (Å²) >= 11 is 1.04. The van der Waals surface area contributed by atoms with E-state index >= 15 is 0 Å². The minimum absolute atomic E-state index is 0.0414. The van der Waals surface area contributed by atoms with Gasteiger partial charge in [0.2, 0.25) is 10.0 Å². The van der Waals surface area contributed by atoms with Gasteiger partial charge < -0.3 is 20.3 Å². The number of ether oxygens (including phenoxy) is 1. The molecular weight excluding hydrogens is 444 g/mol. The third-order valence-corrected chi connectivity index (χ3v) is 7.66. The minimum atomic E-state index is -3.18. The van der Waals surface area contributed by atoms with Crippen molar-refractivity contribution in [3.63, 3.8) is 0 Å². The highest BCUT2D eigenvalue weighted by Crippen LogP contribution is 2.42. The maximum absolute atomic E-state index is 11.7. The highest BCUT2D eigenvalue weighted by Gasteiger charge is 2.26. The lowest BCUT2D eigenvalue weighted by Crippen LogP contribution is -2.41. The fraction of sp³-hybridized carbons (Fsp3) is 0.400. The van der Waals surface area contributed by atoms with E-state index in [1.807, 2.05) is 24.3 Å². The van der Waals surface area contributed by atoms with Crippen LogP contribution in [-0.2, 0) is 14.8 Å². The summed E-state index contributed by atoms with van der Waals surface area (Å²) in [5.74, 6) is -2.29. The number of thiophene rings is 1. The van der Waals surface area contributed by atoms with Crippen LogP contribution in [0.1, 0.15) is 28.1 Å². The largest absolute Gasteiger partial charge is 0.480 e. The molecule has 9 nitrogen and oxygen atoms in total. The van der Waals surface area contributed by atoms with Gasteiger partial charge in [0.1, 0.15) is 5.75 Å². The van der Waals surface area contributed by atoms with Gasteiger partial charge in [-0.2, -0.15) is 0 Å². The zero-order valence-corrected chi connectivity index (χ0v) is 18.8. The number of piperidine rings is 1. The number of carboxylic acid groups (broad SMARTS) is 2. The van der Waals surface area contributed by atoms with Gasteiger partial charge in [0, 0.05) is 35.3 Å². The highest BCUT2D eigenvalue weighted by atomic mass is 32.2. The van der Waals surface area contributed by atoms with Gasteiger partial charge in [-0.25, -0.2) is 22.3 Å². The first kappa shape index (κ1) is 23.0. The Balaban J connectivity index is 1.79. The van der Waals surface area contributed by atoms with Crippen molar-refractivity contribution in [1.29, 1.82) is 0 Å². The van der Waals surface area contributed by atoms with Crippen LogP contribution in [0.25, 0.3) is 10.4 Å². The molecule has 3 rings (SSSR count). The molecule has 1 aliphatic heterocycles. The molecule has 1 fully saturated rings. The lowest BCUT2D eigenvalue weighted by atomic mass is 10.0. The molecule has 3 N–H and O–H groups in total. The lowest BCUT2D eigenvalue weighted by Gasteiger charge is -2.31. The van der Waals surface area contributed by atoms with Gasteiger partial charge >= 0.3 is 11.9 Å². The van der Waals surface area contributed by atoms with E-state index in [0.717, 1.165) is 22.6 Å². The second kappa shape index (κ2) is 9.25. The number of nitrogens with zero attached hydrogens (tertiary/aromatic N) is 1. The van der Waals surface area contributed by atoms with Gasteiger partial charge in [0.15, 0.2) is 11.5 Å². The molecule has 2 aromatic rings. The molecule has 0 amide bonds. The first-order valence-corrected chi connectivity index (χ1v) is 12.3. The second-order valence-corrected chi connectivity index (χ2v) is 10.4. The van der Waals surface area contributed by atoms with Crippen molar-refractivity contribution in [3.05, 3.63) is 34.7 Å².